The molecule has 5 aromatic rings. The van der Waals surface area contributed by atoms with Gasteiger partial charge in [-0.3, -0.25) is 4.79 Å². The molecule has 0 aliphatic carbocycles. The number of thiophene rings is 1. The number of nitrogens with zero attached hydrogens (tertiary/aromatic N) is 3. The molecule has 0 saturated heterocycles. The number of fused-ring (bicyclic) bond motifs is 1. The standard InChI is InChI=1S/C31H27N3O2S2/c1-36-24-15-13-23(14-16-24)28-18-26(29-12-7-17-37-29)32-34(28)31(35)21-38-30-20-33(19-22-8-3-2-4-9-22)27-11-6-5-10-25(27)30/h2-17,20,28H,18-19,21H2,1H3/t28-/m0/s1. The summed E-state index contributed by atoms with van der Waals surface area (Å²) in [6.45, 7) is 0.788. The van der Waals surface area contributed by atoms with E-state index in [1.54, 1.807) is 35.2 Å². The van der Waals surface area contributed by atoms with Crippen molar-refractivity contribution in [2.24, 2.45) is 5.10 Å². The van der Waals surface area contributed by atoms with Gasteiger partial charge in [0.2, 0.25) is 0 Å². The highest BCUT2D eigenvalue weighted by Gasteiger charge is 2.33. The molecule has 190 valence electrons. The number of methoxy groups -OCH3 is 1. The SMILES string of the molecule is COc1ccc([C@@H]2CC(c3cccs3)=NN2C(=O)CSc2cn(Cc3ccccc3)c3ccccc23)cc1. The second-order valence-electron chi connectivity index (χ2n) is 9.17. The van der Waals surface area contributed by atoms with Gasteiger partial charge in [-0.1, -0.05) is 66.7 Å². The summed E-state index contributed by atoms with van der Waals surface area (Å²) in [5, 5.41) is 9.73. The number of benzene rings is 3. The molecule has 2 aromatic heterocycles. The first kappa shape index (κ1) is 24.5. The number of ether oxygens (including phenoxy) is 1. The molecule has 7 heteroatoms. The summed E-state index contributed by atoms with van der Waals surface area (Å²) in [7, 11) is 1.66. The van der Waals surface area contributed by atoms with E-state index < -0.39 is 0 Å². The molecule has 0 unspecified atom stereocenters. The van der Waals surface area contributed by atoms with Crippen molar-refractivity contribution in [3.63, 3.8) is 0 Å². The molecular formula is C31H27N3O2S2. The van der Waals surface area contributed by atoms with Crippen molar-refractivity contribution in [1.82, 2.24) is 9.58 Å². The minimum absolute atomic E-state index is 0.00210. The first-order valence-corrected chi connectivity index (χ1v) is 14.4. The van der Waals surface area contributed by atoms with Gasteiger partial charge in [-0.05, 0) is 40.8 Å². The summed E-state index contributed by atoms with van der Waals surface area (Å²) in [5.74, 6) is 1.11. The van der Waals surface area contributed by atoms with Crippen molar-refractivity contribution in [2.75, 3.05) is 12.9 Å². The predicted molar refractivity (Wildman–Crippen MR) is 156 cm³/mol. The average Bonchev–Trinajstić information content (AvgIpc) is 3.72. The molecule has 0 bridgehead atoms. The highest BCUT2D eigenvalue weighted by molar-refractivity contribution is 8.00. The summed E-state index contributed by atoms with van der Waals surface area (Å²) < 4.78 is 7.60. The number of hydrogen-bond donors (Lipinski definition) is 0. The van der Waals surface area contributed by atoms with E-state index in [0.29, 0.717) is 12.2 Å². The highest BCUT2D eigenvalue weighted by atomic mass is 32.2. The minimum Gasteiger partial charge on any atom is -0.497 e. The number of hydrogen-bond acceptors (Lipinski definition) is 5. The third-order valence-electron chi connectivity index (χ3n) is 6.77. The number of thioether (sulfide) groups is 1. The third-order valence-corrected chi connectivity index (χ3v) is 8.72. The monoisotopic (exact) mass is 537 g/mol. The number of carbonyl (C=O) groups excluding carboxylic acids is 1. The fourth-order valence-electron chi connectivity index (χ4n) is 4.86. The smallest absolute Gasteiger partial charge is 0.253 e. The molecule has 5 nitrogen and oxygen atoms in total. The second kappa shape index (κ2) is 10.9. The lowest BCUT2D eigenvalue weighted by molar-refractivity contribution is -0.130. The molecule has 6 rings (SSSR count). The molecular weight excluding hydrogens is 510 g/mol. The van der Waals surface area contributed by atoms with E-state index in [1.807, 2.05) is 41.8 Å². The Morgan fingerprint density at radius 1 is 1.00 bits per heavy atom. The van der Waals surface area contributed by atoms with Crippen molar-refractivity contribution in [2.45, 2.75) is 23.9 Å². The molecule has 3 heterocycles. The summed E-state index contributed by atoms with van der Waals surface area (Å²) >= 11 is 3.24. The van der Waals surface area contributed by atoms with Gasteiger partial charge >= 0.3 is 0 Å². The number of amides is 1. The zero-order valence-electron chi connectivity index (χ0n) is 21.0. The van der Waals surface area contributed by atoms with Crippen molar-refractivity contribution < 1.29 is 9.53 Å². The van der Waals surface area contributed by atoms with Crippen LogP contribution in [0.4, 0.5) is 0 Å². The Balaban J connectivity index is 1.25. The Kier molecular flexibility index (Phi) is 7.03. The van der Waals surface area contributed by atoms with Gasteiger partial charge in [-0.2, -0.15) is 5.10 Å². The molecule has 3 aromatic carbocycles. The summed E-state index contributed by atoms with van der Waals surface area (Å²) in [6, 6.07) is 30.7. The van der Waals surface area contributed by atoms with Crippen LogP contribution in [0.5, 0.6) is 5.75 Å². The zero-order chi connectivity index (χ0) is 25.9. The first-order chi connectivity index (χ1) is 18.7. The number of carbonyl (C=O) groups is 1. The molecule has 1 aliphatic heterocycles. The molecule has 0 saturated carbocycles. The molecule has 38 heavy (non-hydrogen) atoms. The summed E-state index contributed by atoms with van der Waals surface area (Å²) in [5.41, 5.74) is 4.43. The van der Waals surface area contributed by atoms with E-state index in [4.69, 9.17) is 9.84 Å². The fourth-order valence-corrected chi connectivity index (χ4v) is 6.52. The normalized spacial score (nSPS) is 15.1. The van der Waals surface area contributed by atoms with Gasteiger partial charge in [0.25, 0.3) is 5.91 Å². The van der Waals surface area contributed by atoms with Gasteiger partial charge in [0, 0.05) is 35.0 Å². The van der Waals surface area contributed by atoms with E-state index in [0.717, 1.165) is 38.7 Å². The lowest BCUT2D eigenvalue weighted by atomic mass is 10.0. The van der Waals surface area contributed by atoms with Gasteiger partial charge < -0.3 is 9.30 Å². The Labute approximate surface area is 230 Å². The van der Waals surface area contributed by atoms with E-state index in [1.165, 1.54) is 11.1 Å². The van der Waals surface area contributed by atoms with Crippen molar-refractivity contribution in [3.8, 4) is 5.75 Å². The van der Waals surface area contributed by atoms with Crippen LogP contribution in [0.3, 0.4) is 0 Å². The molecule has 0 N–H and O–H groups in total. The van der Waals surface area contributed by atoms with E-state index in [9.17, 15) is 4.79 Å². The van der Waals surface area contributed by atoms with Gasteiger partial charge in [0.05, 0.1) is 29.5 Å². The number of para-hydroxylation sites is 1. The Morgan fingerprint density at radius 3 is 2.55 bits per heavy atom. The molecule has 0 radical (unpaired) electrons. The van der Waals surface area contributed by atoms with Crippen molar-refractivity contribution >= 4 is 45.6 Å². The number of rotatable bonds is 8. The van der Waals surface area contributed by atoms with Crippen LogP contribution in [-0.2, 0) is 11.3 Å². The van der Waals surface area contributed by atoms with Gasteiger partial charge in [0.15, 0.2) is 0 Å². The van der Waals surface area contributed by atoms with Crippen LogP contribution in [-0.4, -0.2) is 34.1 Å². The molecule has 1 aliphatic rings. The lowest BCUT2D eigenvalue weighted by Crippen LogP contribution is -2.28. The topological polar surface area (TPSA) is 46.8 Å². The fraction of sp³-hybridized carbons (Fsp3) is 0.161. The van der Waals surface area contributed by atoms with Crippen molar-refractivity contribution in [1.29, 1.82) is 0 Å². The van der Waals surface area contributed by atoms with Crippen LogP contribution < -0.4 is 4.74 Å². The quantitative estimate of drug-likeness (QED) is 0.196. The largest absolute Gasteiger partial charge is 0.497 e. The molecule has 0 spiro atoms. The molecule has 1 atom stereocenters. The maximum atomic E-state index is 13.6. The average molecular weight is 538 g/mol. The van der Waals surface area contributed by atoms with E-state index in [-0.39, 0.29) is 11.9 Å². The zero-order valence-corrected chi connectivity index (χ0v) is 22.6. The Bertz CT molecular complexity index is 1580. The van der Waals surface area contributed by atoms with E-state index >= 15 is 0 Å². The van der Waals surface area contributed by atoms with Crippen LogP contribution >= 0.6 is 23.1 Å². The van der Waals surface area contributed by atoms with Crippen LogP contribution in [0.2, 0.25) is 0 Å². The highest BCUT2D eigenvalue weighted by Crippen LogP contribution is 2.36. The molecule has 1 amide bonds. The predicted octanol–water partition coefficient (Wildman–Crippen LogP) is 7.23. The minimum atomic E-state index is -0.134. The van der Waals surface area contributed by atoms with Crippen molar-refractivity contribution in [3.05, 3.63) is 119 Å². The Hall–Kier alpha value is -3.81. The number of aromatic nitrogens is 1. The van der Waals surface area contributed by atoms with Gasteiger partial charge in [0.1, 0.15) is 5.75 Å². The van der Waals surface area contributed by atoms with Gasteiger partial charge in [-0.25, -0.2) is 5.01 Å². The van der Waals surface area contributed by atoms with Crippen LogP contribution in [0.1, 0.15) is 28.5 Å². The maximum Gasteiger partial charge on any atom is 0.253 e. The lowest BCUT2D eigenvalue weighted by Gasteiger charge is -2.22. The maximum absolute atomic E-state index is 13.6. The molecule has 0 fully saturated rings. The van der Waals surface area contributed by atoms with Crippen LogP contribution in [0, 0.1) is 0 Å². The summed E-state index contributed by atoms with van der Waals surface area (Å²) in [6.07, 6.45) is 2.86. The second-order valence-corrected chi connectivity index (χ2v) is 11.1. The summed E-state index contributed by atoms with van der Waals surface area (Å²) in [4.78, 5) is 15.9. The third kappa shape index (κ3) is 4.99. The van der Waals surface area contributed by atoms with Gasteiger partial charge in [-0.15, -0.1) is 23.1 Å². The van der Waals surface area contributed by atoms with Crippen LogP contribution in [0.25, 0.3) is 10.9 Å². The Morgan fingerprint density at radius 2 is 1.79 bits per heavy atom. The first-order valence-electron chi connectivity index (χ1n) is 12.5. The van der Waals surface area contributed by atoms with E-state index in [2.05, 4.69) is 65.4 Å². The van der Waals surface area contributed by atoms with Crippen LogP contribution in [0.15, 0.2) is 113 Å². The number of hydrazone groups is 1.